The SMILES string of the molecule is NC1COCC1C(=O)NCCC(=O)NC1CC1. The summed E-state index contributed by atoms with van der Waals surface area (Å²) in [7, 11) is 0. The van der Waals surface area contributed by atoms with Crippen LogP contribution >= 0.6 is 0 Å². The molecule has 4 N–H and O–H groups in total. The molecule has 2 rings (SSSR count). The molecule has 96 valence electrons. The highest BCUT2D eigenvalue weighted by Crippen LogP contribution is 2.18. The van der Waals surface area contributed by atoms with E-state index in [1.807, 2.05) is 0 Å². The summed E-state index contributed by atoms with van der Waals surface area (Å²) >= 11 is 0. The minimum atomic E-state index is -0.276. The Morgan fingerprint density at radius 1 is 1.29 bits per heavy atom. The van der Waals surface area contributed by atoms with E-state index < -0.39 is 0 Å². The molecule has 0 aromatic carbocycles. The number of ether oxygens (including phenoxy) is 1. The predicted molar refractivity (Wildman–Crippen MR) is 61.1 cm³/mol. The molecule has 0 aromatic rings. The largest absolute Gasteiger partial charge is 0.379 e. The molecule has 1 saturated heterocycles. The quantitative estimate of drug-likeness (QED) is 0.560. The zero-order valence-electron chi connectivity index (χ0n) is 9.78. The van der Waals surface area contributed by atoms with Crippen molar-refractivity contribution in [3.05, 3.63) is 0 Å². The topological polar surface area (TPSA) is 93.4 Å². The van der Waals surface area contributed by atoms with E-state index in [2.05, 4.69) is 10.6 Å². The van der Waals surface area contributed by atoms with Crippen LogP contribution in [0.1, 0.15) is 19.3 Å². The third-order valence-corrected chi connectivity index (χ3v) is 3.06. The molecule has 0 spiro atoms. The molecule has 17 heavy (non-hydrogen) atoms. The van der Waals surface area contributed by atoms with Crippen LogP contribution in [-0.4, -0.2) is 43.7 Å². The van der Waals surface area contributed by atoms with Crippen LogP contribution in [0.25, 0.3) is 0 Å². The second kappa shape index (κ2) is 5.46. The van der Waals surface area contributed by atoms with Crippen molar-refractivity contribution in [1.82, 2.24) is 10.6 Å². The number of nitrogens with two attached hydrogens (primary N) is 1. The molecule has 0 radical (unpaired) electrons. The highest BCUT2D eigenvalue weighted by molar-refractivity contribution is 5.81. The molecule has 2 fully saturated rings. The molecule has 0 aromatic heterocycles. The summed E-state index contributed by atoms with van der Waals surface area (Å²) in [6.07, 6.45) is 2.48. The lowest BCUT2D eigenvalue weighted by molar-refractivity contribution is -0.125. The Morgan fingerprint density at radius 2 is 2.06 bits per heavy atom. The van der Waals surface area contributed by atoms with E-state index in [1.54, 1.807) is 0 Å². The van der Waals surface area contributed by atoms with Gasteiger partial charge in [-0.05, 0) is 12.8 Å². The number of hydrogen-bond acceptors (Lipinski definition) is 4. The molecule has 1 aliphatic heterocycles. The lowest BCUT2D eigenvalue weighted by Gasteiger charge is -2.13. The molecule has 6 nitrogen and oxygen atoms in total. The molecule has 1 saturated carbocycles. The molecule has 6 heteroatoms. The molecule has 2 aliphatic rings. The second-order valence-corrected chi connectivity index (χ2v) is 4.69. The molecular weight excluding hydrogens is 222 g/mol. The lowest BCUT2D eigenvalue weighted by Crippen LogP contribution is -2.42. The van der Waals surface area contributed by atoms with Gasteiger partial charge in [0, 0.05) is 25.0 Å². The minimum Gasteiger partial charge on any atom is -0.379 e. The van der Waals surface area contributed by atoms with E-state index in [1.165, 1.54) is 0 Å². The van der Waals surface area contributed by atoms with Gasteiger partial charge in [0.15, 0.2) is 0 Å². The average Bonchev–Trinajstić information content (AvgIpc) is 2.98. The molecule has 1 heterocycles. The van der Waals surface area contributed by atoms with Gasteiger partial charge in [0.05, 0.1) is 19.1 Å². The Hall–Kier alpha value is -1.14. The van der Waals surface area contributed by atoms with Gasteiger partial charge in [-0.2, -0.15) is 0 Å². The monoisotopic (exact) mass is 241 g/mol. The van der Waals surface area contributed by atoms with Crippen LogP contribution in [0.4, 0.5) is 0 Å². The summed E-state index contributed by atoms with van der Waals surface area (Å²) in [5, 5.41) is 5.59. The third-order valence-electron chi connectivity index (χ3n) is 3.06. The van der Waals surface area contributed by atoms with Gasteiger partial charge in [-0.1, -0.05) is 0 Å². The number of nitrogens with one attached hydrogen (secondary N) is 2. The van der Waals surface area contributed by atoms with Crippen molar-refractivity contribution in [2.45, 2.75) is 31.3 Å². The van der Waals surface area contributed by atoms with E-state index in [0.29, 0.717) is 32.2 Å². The first-order valence-corrected chi connectivity index (χ1v) is 6.07. The number of carbonyl (C=O) groups excluding carboxylic acids is 2. The molecule has 0 bridgehead atoms. The maximum absolute atomic E-state index is 11.7. The van der Waals surface area contributed by atoms with E-state index in [0.717, 1.165) is 12.8 Å². The van der Waals surface area contributed by atoms with Crippen molar-refractivity contribution in [3.63, 3.8) is 0 Å². The smallest absolute Gasteiger partial charge is 0.227 e. The summed E-state index contributed by atoms with van der Waals surface area (Å²) < 4.78 is 5.11. The Bertz CT molecular complexity index is 304. The fourth-order valence-electron chi connectivity index (χ4n) is 1.80. The second-order valence-electron chi connectivity index (χ2n) is 4.69. The standard InChI is InChI=1S/C11H19N3O3/c12-9-6-17-5-8(9)11(16)13-4-3-10(15)14-7-1-2-7/h7-9H,1-6,12H2,(H,13,16)(H,14,15). The Morgan fingerprint density at radius 3 is 2.65 bits per heavy atom. The van der Waals surface area contributed by atoms with Gasteiger partial charge in [0.2, 0.25) is 11.8 Å². The maximum Gasteiger partial charge on any atom is 0.227 e. The minimum absolute atomic E-state index is 0.000213. The van der Waals surface area contributed by atoms with E-state index in [9.17, 15) is 9.59 Å². The van der Waals surface area contributed by atoms with Crippen LogP contribution in [0.3, 0.4) is 0 Å². The molecular formula is C11H19N3O3. The number of rotatable bonds is 5. The first-order chi connectivity index (χ1) is 8.16. The summed E-state index contributed by atoms with van der Waals surface area (Å²) in [5.74, 6) is -0.393. The summed E-state index contributed by atoms with van der Waals surface area (Å²) in [6, 6.07) is 0.144. The normalized spacial score (nSPS) is 27.8. The van der Waals surface area contributed by atoms with Crippen LogP contribution in [-0.2, 0) is 14.3 Å². The van der Waals surface area contributed by atoms with Crippen molar-refractivity contribution in [2.75, 3.05) is 19.8 Å². The van der Waals surface area contributed by atoms with Gasteiger partial charge in [0.1, 0.15) is 0 Å². The van der Waals surface area contributed by atoms with Crippen LogP contribution in [0.2, 0.25) is 0 Å². The average molecular weight is 241 g/mol. The fourth-order valence-corrected chi connectivity index (χ4v) is 1.80. The lowest BCUT2D eigenvalue weighted by atomic mass is 10.0. The molecule has 1 aliphatic carbocycles. The highest BCUT2D eigenvalue weighted by atomic mass is 16.5. The number of hydrogen-bond donors (Lipinski definition) is 3. The van der Waals surface area contributed by atoms with Crippen molar-refractivity contribution >= 4 is 11.8 Å². The van der Waals surface area contributed by atoms with Crippen molar-refractivity contribution in [2.24, 2.45) is 11.7 Å². The first kappa shape index (κ1) is 12.3. The maximum atomic E-state index is 11.7. The van der Waals surface area contributed by atoms with Crippen molar-refractivity contribution < 1.29 is 14.3 Å². The van der Waals surface area contributed by atoms with Crippen LogP contribution in [0.5, 0.6) is 0 Å². The van der Waals surface area contributed by atoms with Gasteiger partial charge in [-0.15, -0.1) is 0 Å². The molecule has 2 amide bonds. The fraction of sp³-hybridized carbons (Fsp3) is 0.818. The van der Waals surface area contributed by atoms with Gasteiger partial charge >= 0.3 is 0 Å². The molecule has 2 unspecified atom stereocenters. The number of carbonyl (C=O) groups is 2. The van der Waals surface area contributed by atoms with Gasteiger partial charge in [-0.3, -0.25) is 9.59 Å². The van der Waals surface area contributed by atoms with E-state index in [-0.39, 0.29) is 23.8 Å². The van der Waals surface area contributed by atoms with Crippen molar-refractivity contribution in [3.8, 4) is 0 Å². The first-order valence-electron chi connectivity index (χ1n) is 6.07. The summed E-state index contributed by atoms with van der Waals surface area (Å²) in [5.41, 5.74) is 5.72. The Labute approximate surface area is 100 Å². The summed E-state index contributed by atoms with van der Waals surface area (Å²) in [4.78, 5) is 23.0. The van der Waals surface area contributed by atoms with Crippen LogP contribution in [0.15, 0.2) is 0 Å². The van der Waals surface area contributed by atoms with Crippen LogP contribution < -0.4 is 16.4 Å². The Balaban J connectivity index is 1.60. The third kappa shape index (κ3) is 3.67. The van der Waals surface area contributed by atoms with Gasteiger partial charge in [-0.25, -0.2) is 0 Å². The van der Waals surface area contributed by atoms with Crippen LogP contribution in [0, 0.1) is 5.92 Å². The highest BCUT2D eigenvalue weighted by Gasteiger charge is 2.31. The summed E-state index contributed by atoms with van der Waals surface area (Å²) in [6.45, 7) is 1.17. The van der Waals surface area contributed by atoms with Crippen molar-refractivity contribution in [1.29, 1.82) is 0 Å². The number of amides is 2. The molecule has 2 atom stereocenters. The Kier molecular flexibility index (Phi) is 3.96. The zero-order valence-corrected chi connectivity index (χ0v) is 9.78. The van der Waals surface area contributed by atoms with E-state index >= 15 is 0 Å². The van der Waals surface area contributed by atoms with Gasteiger partial charge in [0.25, 0.3) is 0 Å². The zero-order chi connectivity index (χ0) is 12.3. The van der Waals surface area contributed by atoms with Gasteiger partial charge < -0.3 is 21.1 Å². The van der Waals surface area contributed by atoms with E-state index in [4.69, 9.17) is 10.5 Å². The predicted octanol–water partition coefficient (Wildman–Crippen LogP) is -1.25.